The second-order valence-electron chi connectivity index (χ2n) is 5.86. The lowest BCUT2D eigenvalue weighted by Gasteiger charge is -2.25. The predicted molar refractivity (Wildman–Crippen MR) is 84.5 cm³/mol. The smallest absolute Gasteiger partial charge is 0.328 e. The highest BCUT2D eigenvalue weighted by molar-refractivity contribution is 5.87. The Labute approximate surface area is 125 Å². The van der Waals surface area contributed by atoms with Crippen LogP contribution in [0.25, 0.3) is 6.08 Å². The minimum Gasteiger partial charge on any atom is -0.478 e. The summed E-state index contributed by atoms with van der Waals surface area (Å²) in [7, 11) is 0. The van der Waals surface area contributed by atoms with Crippen LogP contribution in [-0.4, -0.2) is 48.2 Å². The maximum Gasteiger partial charge on any atom is 0.328 e. The molecule has 0 bridgehead atoms. The van der Waals surface area contributed by atoms with Gasteiger partial charge in [0, 0.05) is 30.9 Å². The Hall–Kier alpha value is -1.81. The summed E-state index contributed by atoms with van der Waals surface area (Å²) in [6.07, 6.45) is 6.77. The summed E-state index contributed by atoms with van der Waals surface area (Å²) in [5.74, 6) is -0.902. The highest BCUT2D eigenvalue weighted by Crippen LogP contribution is 2.28. The summed E-state index contributed by atoms with van der Waals surface area (Å²) in [5, 5.41) is 8.81. The molecule has 1 unspecified atom stereocenters. The highest BCUT2D eigenvalue weighted by Gasteiger charge is 2.29. The molecule has 3 rings (SSSR count). The van der Waals surface area contributed by atoms with Crippen LogP contribution in [0.2, 0.25) is 0 Å². The third kappa shape index (κ3) is 3.27. The zero-order valence-corrected chi connectivity index (χ0v) is 12.2. The van der Waals surface area contributed by atoms with Crippen molar-refractivity contribution in [2.75, 3.05) is 31.1 Å². The van der Waals surface area contributed by atoms with Crippen molar-refractivity contribution in [3.63, 3.8) is 0 Å². The lowest BCUT2D eigenvalue weighted by Crippen LogP contribution is -2.35. The van der Waals surface area contributed by atoms with Crippen molar-refractivity contribution in [2.45, 2.75) is 25.3 Å². The van der Waals surface area contributed by atoms with Crippen molar-refractivity contribution in [1.29, 1.82) is 0 Å². The highest BCUT2D eigenvalue weighted by atomic mass is 16.4. The third-order valence-electron chi connectivity index (χ3n) is 4.50. The van der Waals surface area contributed by atoms with Crippen molar-refractivity contribution in [2.24, 2.45) is 0 Å². The number of para-hydroxylation sites is 1. The Balaban J connectivity index is 1.73. The first-order valence-corrected chi connectivity index (χ1v) is 7.73. The summed E-state index contributed by atoms with van der Waals surface area (Å²) in [4.78, 5) is 15.7. The molecule has 0 saturated carbocycles. The molecule has 112 valence electrons. The molecular weight excluding hydrogens is 264 g/mol. The molecule has 4 nitrogen and oxygen atoms in total. The molecule has 4 heteroatoms. The molecule has 0 spiro atoms. The fourth-order valence-corrected chi connectivity index (χ4v) is 3.44. The molecule has 1 aromatic rings. The lowest BCUT2D eigenvalue weighted by molar-refractivity contribution is -0.131. The van der Waals surface area contributed by atoms with Crippen LogP contribution in [0.1, 0.15) is 24.8 Å². The number of benzene rings is 1. The van der Waals surface area contributed by atoms with Gasteiger partial charge in [-0.1, -0.05) is 18.2 Å². The third-order valence-corrected chi connectivity index (χ3v) is 4.50. The van der Waals surface area contributed by atoms with E-state index in [0.717, 1.165) is 24.3 Å². The molecule has 0 aromatic heterocycles. The number of hydrogen-bond donors (Lipinski definition) is 1. The van der Waals surface area contributed by atoms with E-state index >= 15 is 0 Å². The van der Waals surface area contributed by atoms with Crippen LogP contribution in [0, 0.1) is 0 Å². The molecule has 0 aliphatic carbocycles. The summed E-state index contributed by atoms with van der Waals surface area (Å²) in [6.45, 7) is 4.58. The number of anilines is 1. The normalized spacial score (nSPS) is 23.2. The van der Waals surface area contributed by atoms with E-state index in [2.05, 4.69) is 15.9 Å². The van der Waals surface area contributed by atoms with Crippen molar-refractivity contribution >= 4 is 17.7 Å². The number of carboxylic acid groups (broad SMARTS) is 1. The van der Waals surface area contributed by atoms with Gasteiger partial charge in [0.15, 0.2) is 0 Å². The molecule has 21 heavy (non-hydrogen) atoms. The molecule has 0 amide bonds. The van der Waals surface area contributed by atoms with Gasteiger partial charge in [-0.25, -0.2) is 4.79 Å². The Morgan fingerprint density at radius 1 is 1.19 bits per heavy atom. The van der Waals surface area contributed by atoms with E-state index in [-0.39, 0.29) is 0 Å². The molecular formula is C17H22N2O2. The van der Waals surface area contributed by atoms with Crippen molar-refractivity contribution in [1.82, 2.24) is 4.90 Å². The first kappa shape index (κ1) is 14.1. The molecule has 1 aromatic carbocycles. The quantitative estimate of drug-likeness (QED) is 0.864. The average Bonchev–Trinajstić information content (AvgIpc) is 3.16. The maximum absolute atomic E-state index is 10.7. The van der Waals surface area contributed by atoms with Crippen molar-refractivity contribution in [3.05, 3.63) is 35.9 Å². The van der Waals surface area contributed by atoms with Gasteiger partial charge in [0.2, 0.25) is 0 Å². The second-order valence-corrected chi connectivity index (χ2v) is 5.86. The van der Waals surface area contributed by atoms with Crippen LogP contribution in [0.3, 0.4) is 0 Å². The molecule has 2 aliphatic heterocycles. The van der Waals surface area contributed by atoms with E-state index in [1.54, 1.807) is 6.08 Å². The second kappa shape index (κ2) is 6.31. The van der Waals surface area contributed by atoms with Gasteiger partial charge in [0.1, 0.15) is 0 Å². The largest absolute Gasteiger partial charge is 0.478 e. The number of rotatable bonds is 4. The topological polar surface area (TPSA) is 43.8 Å². The van der Waals surface area contributed by atoms with Gasteiger partial charge in [0.05, 0.1) is 0 Å². The van der Waals surface area contributed by atoms with Gasteiger partial charge >= 0.3 is 5.97 Å². The zero-order valence-electron chi connectivity index (χ0n) is 12.2. The van der Waals surface area contributed by atoms with Crippen LogP contribution >= 0.6 is 0 Å². The number of aliphatic carboxylic acids is 1. The van der Waals surface area contributed by atoms with Gasteiger partial charge in [-0.3, -0.25) is 4.90 Å². The SMILES string of the molecule is O=C(O)C=Cc1ccccc1N1CCC(N2CCCC2)C1. The molecule has 2 heterocycles. The minimum atomic E-state index is -0.902. The number of nitrogens with zero attached hydrogens (tertiary/aromatic N) is 2. The summed E-state index contributed by atoms with van der Waals surface area (Å²) in [6, 6.07) is 8.71. The summed E-state index contributed by atoms with van der Waals surface area (Å²) in [5.41, 5.74) is 2.14. The Morgan fingerprint density at radius 3 is 2.71 bits per heavy atom. The molecule has 2 saturated heterocycles. The van der Waals surface area contributed by atoms with Crippen LogP contribution in [0.4, 0.5) is 5.69 Å². The zero-order chi connectivity index (χ0) is 14.7. The van der Waals surface area contributed by atoms with Crippen LogP contribution in [0.5, 0.6) is 0 Å². The Morgan fingerprint density at radius 2 is 1.95 bits per heavy atom. The van der Waals surface area contributed by atoms with E-state index in [0.29, 0.717) is 6.04 Å². The molecule has 1 atom stereocenters. The van der Waals surface area contributed by atoms with Gasteiger partial charge < -0.3 is 10.0 Å². The van der Waals surface area contributed by atoms with Crippen molar-refractivity contribution in [3.8, 4) is 0 Å². The first-order valence-electron chi connectivity index (χ1n) is 7.73. The van der Waals surface area contributed by atoms with Gasteiger partial charge in [-0.2, -0.15) is 0 Å². The molecule has 2 aliphatic rings. The number of hydrogen-bond acceptors (Lipinski definition) is 3. The van der Waals surface area contributed by atoms with Gasteiger partial charge in [-0.05, 0) is 50.1 Å². The fourth-order valence-electron chi connectivity index (χ4n) is 3.44. The van der Waals surface area contributed by atoms with Gasteiger partial charge in [-0.15, -0.1) is 0 Å². The van der Waals surface area contributed by atoms with E-state index in [1.165, 1.54) is 38.4 Å². The fraction of sp³-hybridized carbons (Fsp3) is 0.471. The predicted octanol–water partition coefficient (Wildman–Crippen LogP) is 2.46. The van der Waals surface area contributed by atoms with E-state index in [1.807, 2.05) is 18.2 Å². The van der Waals surface area contributed by atoms with Crippen LogP contribution in [-0.2, 0) is 4.79 Å². The minimum absolute atomic E-state index is 0.656. The Kier molecular flexibility index (Phi) is 4.25. The lowest BCUT2D eigenvalue weighted by atomic mass is 10.1. The van der Waals surface area contributed by atoms with E-state index in [4.69, 9.17) is 5.11 Å². The van der Waals surface area contributed by atoms with Crippen LogP contribution < -0.4 is 4.90 Å². The first-order chi connectivity index (χ1) is 10.2. The Bertz CT molecular complexity index is 535. The van der Waals surface area contributed by atoms with E-state index < -0.39 is 5.97 Å². The molecule has 1 N–H and O–H groups in total. The number of likely N-dealkylation sites (tertiary alicyclic amines) is 1. The molecule has 2 fully saturated rings. The van der Waals surface area contributed by atoms with Gasteiger partial charge in [0.25, 0.3) is 0 Å². The molecule has 0 radical (unpaired) electrons. The average molecular weight is 286 g/mol. The van der Waals surface area contributed by atoms with E-state index in [9.17, 15) is 4.79 Å². The monoisotopic (exact) mass is 286 g/mol. The van der Waals surface area contributed by atoms with Crippen LogP contribution in [0.15, 0.2) is 30.3 Å². The summed E-state index contributed by atoms with van der Waals surface area (Å²) >= 11 is 0. The number of carboxylic acids is 1. The van der Waals surface area contributed by atoms with Crippen molar-refractivity contribution < 1.29 is 9.90 Å². The maximum atomic E-state index is 10.7. The number of carbonyl (C=O) groups is 1. The summed E-state index contributed by atoms with van der Waals surface area (Å²) < 4.78 is 0. The standard InChI is InChI=1S/C17H22N2O2/c20-17(21)8-7-14-5-1-2-6-16(14)19-12-9-15(13-19)18-10-3-4-11-18/h1-2,5-8,15H,3-4,9-13H2,(H,20,21).